The second kappa shape index (κ2) is 10.4. The monoisotopic (exact) mass is 390 g/mol. The van der Waals surface area contributed by atoms with E-state index in [2.05, 4.69) is 10.6 Å². The fraction of sp³-hybridized carbons (Fsp3) is 0.300. The van der Waals surface area contributed by atoms with Crippen molar-refractivity contribution >= 4 is 23.4 Å². The van der Waals surface area contributed by atoms with Gasteiger partial charge in [-0.05, 0) is 41.8 Å². The Balaban J connectivity index is 1.71. The quantitative estimate of drug-likeness (QED) is 0.690. The van der Waals surface area contributed by atoms with Crippen LogP contribution < -0.4 is 20.1 Å². The molecule has 0 aliphatic heterocycles. The van der Waals surface area contributed by atoms with Crippen LogP contribution in [0.2, 0.25) is 5.02 Å². The maximum atomic E-state index is 11.9. The fourth-order valence-electron chi connectivity index (χ4n) is 2.43. The van der Waals surface area contributed by atoms with Gasteiger partial charge >= 0.3 is 0 Å². The third-order valence-corrected chi connectivity index (χ3v) is 4.19. The van der Waals surface area contributed by atoms with Gasteiger partial charge in [0.15, 0.2) is 11.5 Å². The molecule has 0 bridgehead atoms. The average molecular weight is 391 g/mol. The number of rotatable bonds is 9. The Hall–Kier alpha value is -2.73. The molecule has 2 N–H and O–H groups in total. The van der Waals surface area contributed by atoms with Crippen LogP contribution in [0.5, 0.6) is 11.5 Å². The molecule has 0 spiro atoms. The van der Waals surface area contributed by atoms with Crippen LogP contribution in [-0.2, 0) is 22.6 Å². The summed E-state index contributed by atoms with van der Waals surface area (Å²) in [6, 6.07) is 12.7. The number of amides is 2. The molecule has 144 valence electrons. The third-order valence-electron chi connectivity index (χ3n) is 3.94. The Labute approximate surface area is 163 Å². The summed E-state index contributed by atoms with van der Waals surface area (Å²) >= 11 is 5.82. The molecule has 2 rings (SSSR count). The highest BCUT2D eigenvalue weighted by molar-refractivity contribution is 6.30. The van der Waals surface area contributed by atoms with E-state index in [1.807, 2.05) is 24.3 Å². The molecule has 0 aromatic heterocycles. The molecular formula is C20H23ClN2O4. The van der Waals surface area contributed by atoms with Crippen molar-refractivity contribution < 1.29 is 19.1 Å². The number of carbonyl (C=O) groups is 2. The van der Waals surface area contributed by atoms with E-state index in [4.69, 9.17) is 21.1 Å². The van der Waals surface area contributed by atoms with Crippen LogP contribution in [0.25, 0.3) is 0 Å². The van der Waals surface area contributed by atoms with Gasteiger partial charge in [0.1, 0.15) is 0 Å². The molecular weight excluding hydrogens is 368 g/mol. The zero-order chi connectivity index (χ0) is 19.6. The molecule has 0 heterocycles. The minimum Gasteiger partial charge on any atom is -0.493 e. The van der Waals surface area contributed by atoms with E-state index in [1.165, 1.54) is 0 Å². The van der Waals surface area contributed by atoms with Gasteiger partial charge in [-0.15, -0.1) is 0 Å². The smallest absolute Gasteiger partial charge is 0.239 e. The molecule has 6 nitrogen and oxygen atoms in total. The van der Waals surface area contributed by atoms with Gasteiger partial charge in [0.05, 0.1) is 20.8 Å². The number of aryl methyl sites for hydroxylation is 1. The predicted molar refractivity (Wildman–Crippen MR) is 104 cm³/mol. The van der Waals surface area contributed by atoms with Gasteiger partial charge in [0.25, 0.3) is 0 Å². The topological polar surface area (TPSA) is 76.7 Å². The van der Waals surface area contributed by atoms with Crippen LogP contribution in [0.4, 0.5) is 0 Å². The maximum absolute atomic E-state index is 11.9. The summed E-state index contributed by atoms with van der Waals surface area (Å²) < 4.78 is 10.4. The first-order chi connectivity index (χ1) is 13.0. The van der Waals surface area contributed by atoms with Crippen molar-refractivity contribution in [2.75, 3.05) is 20.8 Å². The van der Waals surface area contributed by atoms with E-state index in [1.54, 1.807) is 32.4 Å². The van der Waals surface area contributed by atoms with Crippen LogP contribution in [0.3, 0.4) is 0 Å². The fourth-order valence-corrected chi connectivity index (χ4v) is 2.55. The van der Waals surface area contributed by atoms with Crippen molar-refractivity contribution in [1.29, 1.82) is 0 Å². The summed E-state index contributed by atoms with van der Waals surface area (Å²) in [5, 5.41) is 6.01. The molecule has 7 heteroatoms. The highest BCUT2D eigenvalue weighted by Crippen LogP contribution is 2.27. The first kappa shape index (κ1) is 20.6. The predicted octanol–water partition coefficient (Wildman–Crippen LogP) is 2.72. The lowest BCUT2D eigenvalue weighted by molar-refractivity contribution is -0.126. The van der Waals surface area contributed by atoms with Gasteiger partial charge in [-0.2, -0.15) is 0 Å². The number of carbonyl (C=O) groups excluding carboxylic acids is 2. The first-order valence-corrected chi connectivity index (χ1v) is 8.88. The van der Waals surface area contributed by atoms with E-state index in [0.717, 1.165) is 11.1 Å². The molecule has 0 fully saturated rings. The van der Waals surface area contributed by atoms with E-state index in [-0.39, 0.29) is 24.8 Å². The zero-order valence-electron chi connectivity index (χ0n) is 15.4. The molecule has 0 aliphatic carbocycles. The van der Waals surface area contributed by atoms with E-state index < -0.39 is 0 Å². The van der Waals surface area contributed by atoms with Gasteiger partial charge in [-0.1, -0.05) is 29.8 Å². The van der Waals surface area contributed by atoms with Crippen molar-refractivity contribution in [3.63, 3.8) is 0 Å². The molecule has 2 amide bonds. The van der Waals surface area contributed by atoms with Crippen molar-refractivity contribution in [3.05, 3.63) is 58.6 Å². The molecule has 2 aromatic carbocycles. The van der Waals surface area contributed by atoms with Crippen molar-refractivity contribution in [2.45, 2.75) is 19.4 Å². The van der Waals surface area contributed by atoms with E-state index >= 15 is 0 Å². The average Bonchev–Trinajstić information content (AvgIpc) is 2.69. The Bertz CT molecular complexity index is 778. The number of halogens is 1. The number of hydrogen-bond donors (Lipinski definition) is 2. The van der Waals surface area contributed by atoms with Crippen molar-refractivity contribution in [2.24, 2.45) is 0 Å². The van der Waals surface area contributed by atoms with Gasteiger partial charge in [0, 0.05) is 18.0 Å². The van der Waals surface area contributed by atoms with Crippen LogP contribution in [-0.4, -0.2) is 32.6 Å². The molecule has 0 aliphatic rings. The lowest BCUT2D eigenvalue weighted by Crippen LogP contribution is -2.36. The summed E-state index contributed by atoms with van der Waals surface area (Å²) in [6.07, 6.45) is 0.818. The molecule has 27 heavy (non-hydrogen) atoms. The summed E-state index contributed by atoms with van der Waals surface area (Å²) in [5.41, 5.74) is 1.89. The summed E-state index contributed by atoms with van der Waals surface area (Å²) in [7, 11) is 3.14. The SMILES string of the molecule is COc1ccc(CCC(=O)NCC(=O)NCc2ccc(Cl)cc2)cc1OC. The minimum absolute atomic E-state index is 0.0572. The van der Waals surface area contributed by atoms with Gasteiger partial charge in [-0.3, -0.25) is 9.59 Å². The lowest BCUT2D eigenvalue weighted by Gasteiger charge is -2.10. The highest BCUT2D eigenvalue weighted by Gasteiger charge is 2.08. The largest absolute Gasteiger partial charge is 0.493 e. The number of ether oxygens (including phenoxy) is 2. The first-order valence-electron chi connectivity index (χ1n) is 8.50. The van der Waals surface area contributed by atoms with Gasteiger partial charge in [-0.25, -0.2) is 0 Å². The number of methoxy groups -OCH3 is 2. The number of nitrogens with one attached hydrogen (secondary N) is 2. The molecule has 0 radical (unpaired) electrons. The minimum atomic E-state index is -0.246. The Morgan fingerprint density at radius 2 is 1.56 bits per heavy atom. The summed E-state index contributed by atoms with van der Waals surface area (Å²) in [6.45, 7) is 0.329. The van der Waals surface area contributed by atoms with Crippen LogP contribution in [0, 0.1) is 0 Å². The van der Waals surface area contributed by atoms with Crippen LogP contribution in [0.1, 0.15) is 17.5 Å². The highest BCUT2D eigenvalue weighted by atomic mass is 35.5. The Kier molecular flexibility index (Phi) is 7.95. The summed E-state index contributed by atoms with van der Waals surface area (Å²) in [4.78, 5) is 23.8. The molecule has 2 aromatic rings. The van der Waals surface area contributed by atoms with Crippen molar-refractivity contribution in [3.8, 4) is 11.5 Å². The maximum Gasteiger partial charge on any atom is 0.239 e. The molecule has 0 saturated carbocycles. The number of hydrogen-bond acceptors (Lipinski definition) is 4. The normalized spacial score (nSPS) is 10.2. The Morgan fingerprint density at radius 3 is 2.22 bits per heavy atom. The van der Waals surface area contributed by atoms with Gasteiger partial charge < -0.3 is 20.1 Å². The summed E-state index contributed by atoms with van der Waals surface area (Å²) in [5.74, 6) is 0.830. The molecule has 0 unspecified atom stereocenters. The second-order valence-electron chi connectivity index (χ2n) is 5.87. The second-order valence-corrected chi connectivity index (χ2v) is 6.31. The standard InChI is InChI=1S/C20H23ClN2O4/c1-26-17-9-5-14(11-18(17)27-2)6-10-19(24)23-13-20(25)22-12-15-3-7-16(21)8-4-15/h3-5,7-9,11H,6,10,12-13H2,1-2H3,(H,22,25)(H,23,24). The zero-order valence-corrected chi connectivity index (χ0v) is 16.1. The lowest BCUT2D eigenvalue weighted by atomic mass is 10.1. The van der Waals surface area contributed by atoms with E-state index in [9.17, 15) is 9.59 Å². The van der Waals surface area contributed by atoms with Crippen LogP contribution in [0.15, 0.2) is 42.5 Å². The Morgan fingerprint density at radius 1 is 0.889 bits per heavy atom. The molecule has 0 saturated heterocycles. The molecule has 0 atom stereocenters. The van der Waals surface area contributed by atoms with E-state index in [0.29, 0.717) is 29.5 Å². The van der Waals surface area contributed by atoms with Crippen LogP contribution >= 0.6 is 11.6 Å². The van der Waals surface area contributed by atoms with Crippen molar-refractivity contribution in [1.82, 2.24) is 10.6 Å². The van der Waals surface area contributed by atoms with Gasteiger partial charge in [0.2, 0.25) is 11.8 Å². The number of benzene rings is 2. The third kappa shape index (κ3) is 6.83.